The normalized spacial score (nSPS) is 11.7. The van der Waals surface area contributed by atoms with Crippen LogP contribution in [0.15, 0.2) is 28.7 Å². The molecular weight excluding hydrogens is 490 g/mol. The van der Waals surface area contributed by atoms with Crippen molar-refractivity contribution in [1.29, 1.82) is 0 Å². The number of nitrogens with one attached hydrogen (secondary N) is 2. The Hall–Kier alpha value is -2.77. The number of aromatic nitrogens is 2. The summed E-state index contributed by atoms with van der Waals surface area (Å²) in [4.78, 5) is 19.3. The van der Waals surface area contributed by atoms with Gasteiger partial charge >= 0.3 is 18.4 Å². The van der Waals surface area contributed by atoms with Crippen molar-refractivity contribution in [2.75, 3.05) is 23.8 Å². The van der Waals surface area contributed by atoms with Crippen LogP contribution in [-0.4, -0.2) is 41.6 Å². The molecule has 0 aliphatic carbocycles. The Labute approximate surface area is 173 Å². The number of anilines is 2. The van der Waals surface area contributed by atoms with Crippen molar-refractivity contribution in [3.63, 3.8) is 0 Å². The number of alkyl halides is 6. The molecule has 0 aliphatic rings. The van der Waals surface area contributed by atoms with Gasteiger partial charge in [-0.25, -0.2) is 4.79 Å². The number of nitrogens with zero attached hydrogens (tertiary/aromatic N) is 2. The van der Waals surface area contributed by atoms with Crippen LogP contribution in [0.4, 0.5) is 42.8 Å². The van der Waals surface area contributed by atoms with Crippen LogP contribution in [0.5, 0.6) is 11.8 Å². The van der Waals surface area contributed by atoms with Crippen LogP contribution in [0.1, 0.15) is 5.56 Å². The van der Waals surface area contributed by atoms with E-state index in [-0.39, 0.29) is 5.56 Å². The minimum Gasteiger partial charge on any atom is -0.468 e. The van der Waals surface area contributed by atoms with Gasteiger partial charge < -0.3 is 14.8 Å². The van der Waals surface area contributed by atoms with E-state index in [1.165, 1.54) is 12.1 Å². The zero-order valence-corrected chi connectivity index (χ0v) is 16.6. The standard InChI is InChI=1S/C16H13BrF6N4O3/c1-8-11(29-6-15(18,19)20)25-13(26-12(8)30-7-16(21,22)23)27-14(28)24-10-4-2-9(17)3-5-10/h2-5H,6-7H2,1H3,(H2,24,25,26,27,28). The minimum atomic E-state index is -4.73. The van der Waals surface area contributed by atoms with Crippen molar-refractivity contribution >= 4 is 33.6 Å². The Morgan fingerprint density at radius 1 is 0.933 bits per heavy atom. The highest BCUT2D eigenvalue weighted by Gasteiger charge is 2.31. The van der Waals surface area contributed by atoms with Crippen LogP contribution in [0.2, 0.25) is 0 Å². The minimum absolute atomic E-state index is 0.303. The van der Waals surface area contributed by atoms with Gasteiger partial charge in [-0.1, -0.05) is 15.9 Å². The molecule has 30 heavy (non-hydrogen) atoms. The van der Waals surface area contributed by atoms with Gasteiger partial charge in [0.05, 0.1) is 5.56 Å². The highest BCUT2D eigenvalue weighted by molar-refractivity contribution is 9.10. The molecule has 0 atom stereocenters. The summed E-state index contributed by atoms with van der Waals surface area (Å²) in [5.74, 6) is -2.01. The molecule has 1 aromatic carbocycles. The van der Waals surface area contributed by atoms with Crippen LogP contribution in [-0.2, 0) is 0 Å². The first-order valence-electron chi connectivity index (χ1n) is 7.94. The average Bonchev–Trinajstić information content (AvgIpc) is 2.61. The van der Waals surface area contributed by atoms with Crippen LogP contribution in [0.25, 0.3) is 0 Å². The molecule has 0 aliphatic heterocycles. The third-order valence-electron chi connectivity index (χ3n) is 3.13. The van der Waals surface area contributed by atoms with Crippen LogP contribution in [0, 0.1) is 6.92 Å². The maximum absolute atomic E-state index is 12.4. The molecule has 2 aromatic rings. The van der Waals surface area contributed by atoms with Crippen molar-refractivity contribution in [1.82, 2.24) is 9.97 Å². The van der Waals surface area contributed by atoms with E-state index < -0.39 is 49.3 Å². The topological polar surface area (TPSA) is 85.4 Å². The fourth-order valence-electron chi connectivity index (χ4n) is 1.91. The molecule has 0 fully saturated rings. The van der Waals surface area contributed by atoms with Crippen LogP contribution >= 0.6 is 15.9 Å². The number of amides is 2. The van der Waals surface area contributed by atoms with E-state index in [0.29, 0.717) is 5.69 Å². The number of hydrogen-bond acceptors (Lipinski definition) is 5. The molecule has 0 bridgehead atoms. The Balaban J connectivity index is 2.22. The Morgan fingerprint density at radius 3 is 1.83 bits per heavy atom. The first-order chi connectivity index (χ1) is 13.8. The number of carbonyl (C=O) groups is 1. The molecule has 2 amide bonds. The fraction of sp³-hybridized carbons (Fsp3) is 0.312. The van der Waals surface area contributed by atoms with Gasteiger partial charge in [-0.15, -0.1) is 0 Å². The summed E-state index contributed by atoms with van der Waals surface area (Å²) in [7, 11) is 0. The third-order valence-corrected chi connectivity index (χ3v) is 3.66. The number of carbonyl (C=O) groups excluding carboxylic acids is 1. The van der Waals surface area contributed by atoms with Gasteiger partial charge in [0.25, 0.3) is 0 Å². The summed E-state index contributed by atoms with van der Waals surface area (Å²) in [5, 5.41) is 4.49. The molecule has 1 heterocycles. The molecule has 7 nitrogen and oxygen atoms in total. The number of hydrogen-bond donors (Lipinski definition) is 2. The molecule has 0 spiro atoms. The van der Waals surface area contributed by atoms with Crippen LogP contribution < -0.4 is 20.1 Å². The summed E-state index contributed by atoms with van der Waals surface area (Å²) in [6, 6.07) is 5.43. The SMILES string of the molecule is Cc1c(OCC(F)(F)F)nc(NC(=O)Nc2ccc(Br)cc2)nc1OCC(F)(F)F. The number of ether oxygens (including phenoxy) is 2. The number of halogens is 7. The maximum Gasteiger partial charge on any atom is 0.422 e. The molecule has 14 heteroatoms. The molecule has 164 valence electrons. The Bertz CT molecular complexity index is 851. The first kappa shape index (κ1) is 23.5. The summed E-state index contributed by atoms with van der Waals surface area (Å²) in [6.45, 7) is -2.40. The van der Waals surface area contributed by atoms with Gasteiger partial charge in [0.15, 0.2) is 13.2 Å². The molecule has 0 radical (unpaired) electrons. The molecule has 0 unspecified atom stereocenters. The lowest BCUT2D eigenvalue weighted by Gasteiger charge is -2.16. The van der Waals surface area contributed by atoms with Crippen molar-refractivity contribution in [3.05, 3.63) is 34.3 Å². The van der Waals surface area contributed by atoms with E-state index in [4.69, 9.17) is 0 Å². The second-order valence-corrected chi connectivity index (χ2v) is 6.59. The average molecular weight is 503 g/mol. The predicted molar refractivity (Wildman–Crippen MR) is 96.7 cm³/mol. The molecule has 0 saturated heterocycles. The fourth-order valence-corrected chi connectivity index (χ4v) is 2.18. The largest absolute Gasteiger partial charge is 0.468 e. The monoisotopic (exact) mass is 502 g/mol. The lowest BCUT2D eigenvalue weighted by molar-refractivity contribution is -0.154. The van der Waals surface area contributed by atoms with Crippen molar-refractivity contribution < 1.29 is 40.6 Å². The van der Waals surface area contributed by atoms with Crippen molar-refractivity contribution in [2.45, 2.75) is 19.3 Å². The number of benzene rings is 1. The predicted octanol–water partition coefficient (Wildman–Crippen LogP) is 5.07. The lowest BCUT2D eigenvalue weighted by Crippen LogP contribution is -2.24. The zero-order valence-electron chi connectivity index (χ0n) is 15.0. The molecule has 2 rings (SSSR count). The van der Waals surface area contributed by atoms with Crippen LogP contribution in [0.3, 0.4) is 0 Å². The summed E-state index contributed by atoms with van der Waals surface area (Å²) < 4.78 is 84.3. The highest BCUT2D eigenvalue weighted by Crippen LogP contribution is 2.29. The third kappa shape index (κ3) is 7.93. The molecule has 2 N–H and O–H groups in total. The summed E-state index contributed by atoms with van der Waals surface area (Å²) in [5.41, 5.74) is 0.0484. The first-order valence-corrected chi connectivity index (χ1v) is 8.73. The quantitative estimate of drug-likeness (QED) is 0.538. The van der Waals surface area contributed by atoms with E-state index in [1.54, 1.807) is 12.1 Å². The summed E-state index contributed by atoms with van der Waals surface area (Å²) >= 11 is 3.21. The van der Waals surface area contributed by atoms with Gasteiger partial charge in [-0.2, -0.15) is 36.3 Å². The van der Waals surface area contributed by atoms with Crippen molar-refractivity contribution in [2.24, 2.45) is 0 Å². The second-order valence-electron chi connectivity index (χ2n) is 5.68. The number of urea groups is 1. The second kappa shape index (κ2) is 9.36. The zero-order chi connectivity index (χ0) is 22.5. The Kier molecular flexibility index (Phi) is 7.34. The van der Waals surface area contributed by atoms with Gasteiger partial charge in [0, 0.05) is 10.2 Å². The van der Waals surface area contributed by atoms with Crippen molar-refractivity contribution in [3.8, 4) is 11.8 Å². The van der Waals surface area contributed by atoms with Gasteiger partial charge in [-0.05, 0) is 31.2 Å². The maximum atomic E-state index is 12.4. The van der Waals surface area contributed by atoms with Gasteiger partial charge in [0.2, 0.25) is 17.7 Å². The van der Waals surface area contributed by atoms with E-state index in [2.05, 4.69) is 46.0 Å². The molecular formula is C16H13BrF6N4O3. The number of rotatable bonds is 6. The molecule has 0 saturated carbocycles. The Morgan fingerprint density at radius 2 is 1.40 bits per heavy atom. The lowest BCUT2D eigenvalue weighted by atomic mass is 10.3. The van der Waals surface area contributed by atoms with E-state index >= 15 is 0 Å². The smallest absolute Gasteiger partial charge is 0.422 e. The summed E-state index contributed by atoms with van der Waals surface area (Å²) in [6.07, 6.45) is -9.45. The van der Waals surface area contributed by atoms with E-state index in [9.17, 15) is 31.1 Å². The van der Waals surface area contributed by atoms with Gasteiger partial charge in [0.1, 0.15) is 0 Å². The van der Waals surface area contributed by atoms with Gasteiger partial charge in [-0.3, -0.25) is 5.32 Å². The highest BCUT2D eigenvalue weighted by atomic mass is 79.9. The molecule has 1 aromatic heterocycles. The van der Waals surface area contributed by atoms with E-state index in [0.717, 1.165) is 11.4 Å². The van der Waals surface area contributed by atoms with E-state index in [1.807, 2.05) is 0 Å².